The minimum atomic E-state index is -3.31. The lowest BCUT2D eigenvalue weighted by molar-refractivity contribution is 0.344. The van der Waals surface area contributed by atoms with Crippen molar-refractivity contribution >= 4 is 33.6 Å². The van der Waals surface area contributed by atoms with E-state index < -0.39 is 10.2 Å². The van der Waals surface area contributed by atoms with Crippen LogP contribution in [-0.2, 0) is 10.2 Å². The van der Waals surface area contributed by atoms with E-state index in [0.717, 1.165) is 5.75 Å². The molecule has 1 heterocycles. The Morgan fingerprint density at radius 2 is 2.12 bits per heavy atom. The van der Waals surface area contributed by atoms with Crippen molar-refractivity contribution in [1.82, 2.24) is 8.61 Å². The molecule has 0 spiro atoms. The van der Waals surface area contributed by atoms with Crippen LogP contribution in [-0.4, -0.2) is 60.1 Å². The second-order valence-electron chi connectivity index (χ2n) is 4.81. The van der Waals surface area contributed by atoms with Gasteiger partial charge in [-0.05, 0) is 20.3 Å². The Bertz CT molecular complexity index is 346. The fourth-order valence-corrected chi connectivity index (χ4v) is 4.76. The molecule has 0 aliphatic carbocycles. The number of thioether (sulfide) groups is 1. The highest BCUT2D eigenvalue weighted by atomic mass is 35.5. The van der Waals surface area contributed by atoms with Crippen molar-refractivity contribution in [3.05, 3.63) is 0 Å². The van der Waals surface area contributed by atoms with Gasteiger partial charge in [-0.3, -0.25) is 0 Å². The quantitative estimate of drug-likeness (QED) is 0.725. The molecule has 0 aromatic carbocycles. The van der Waals surface area contributed by atoms with Crippen LogP contribution in [0.3, 0.4) is 0 Å². The number of rotatable bonds is 5. The molecule has 1 fully saturated rings. The second-order valence-corrected chi connectivity index (χ2v) is 9.03. The molecule has 17 heavy (non-hydrogen) atoms. The topological polar surface area (TPSA) is 40.6 Å². The summed E-state index contributed by atoms with van der Waals surface area (Å²) in [6, 6.07) is 0. The molecular formula is C10H21ClN2O2S2. The number of hydrogen-bond donors (Lipinski definition) is 0. The van der Waals surface area contributed by atoms with Crippen LogP contribution < -0.4 is 0 Å². The van der Waals surface area contributed by atoms with Crippen LogP contribution in [0.1, 0.15) is 20.3 Å². The Labute approximate surface area is 114 Å². The number of hydrogen-bond acceptors (Lipinski definition) is 3. The fourth-order valence-electron chi connectivity index (χ4n) is 1.76. The average molecular weight is 301 g/mol. The first-order valence-corrected chi connectivity index (χ1v) is 8.63. The van der Waals surface area contributed by atoms with E-state index >= 15 is 0 Å². The van der Waals surface area contributed by atoms with Crippen LogP contribution in [0.15, 0.2) is 0 Å². The van der Waals surface area contributed by atoms with E-state index in [-0.39, 0.29) is 4.75 Å². The predicted octanol–water partition coefficient (Wildman–Crippen LogP) is 1.62. The SMILES string of the molecule is CN(CCCCl)S(=O)(=O)N1CCSC(C)(C)C1. The Morgan fingerprint density at radius 1 is 1.47 bits per heavy atom. The van der Waals surface area contributed by atoms with Gasteiger partial charge >= 0.3 is 0 Å². The van der Waals surface area contributed by atoms with E-state index in [0.29, 0.717) is 31.9 Å². The molecule has 0 aromatic rings. The summed E-state index contributed by atoms with van der Waals surface area (Å²) in [6.07, 6.45) is 0.684. The first-order chi connectivity index (χ1) is 7.79. The van der Waals surface area contributed by atoms with Crippen molar-refractivity contribution in [3.63, 3.8) is 0 Å². The van der Waals surface area contributed by atoms with Crippen molar-refractivity contribution in [1.29, 1.82) is 0 Å². The highest BCUT2D eigenvalue weighted by molar-refractivity contribution is 8.00. The summed E-state index contributed by atoms with van der Waals surface area (Å²) in [5, 5.41) is 0. The highest BCUT2D eigenvalue weighted by Crippen LogP contribution is 2.31. The largest absolute Gasteiger partial charge is 0.281 e. The number of alkyl halides is 1. The molecule has 7 heteroatoms. The van der Waals surface area contributed by atoms with E-state index in [4.69, 9.17) is 11.6 Å². The molecule has 0 radical (unpaired) electrons. The molecule has 0 atom stereocenters. The third-order valence-electron chi connectivity index (χ3n) is 2.72. The number of nitrogens with zero attached hydrogens (tertiary/aromatic N) is 2. The maximum atomic E-state index is 12.3. The lowest BCUT2D eigenvalue weighted by Crippen LogP contribution is -2.50. The van der Waals surface area contributed by atoms with Crippen molar-refractivity contribution < 1.29 is 8.42 Å². The van der Waals surface area contributed by atoms with Crippen molar-refractivity contribution in [3.8, 4) is 0 Å². The van der Waals surface area contributed by atoms with Crippen LogP contribution in [0.5, 0.6) is 0 Å². The number of halogens is 1. The van der Waals surface area contributed by atoms with Gasteiger partial charge in [0, 0.05) is 43.1 Å². The highest BCUT2D eigenvalue weighted by Gasteiger charge is 2.35. The van der Waals surface area contributed by atoms with Gasteiger partial charge in [-0.25, -0.2) is 0 Å². The molecule has 0 unspecified atom stereocenters. The van der Waals surface area contributed by atoms with E-state index in [1.807, 2.05) is 11.8 Å². The van der Waals surface area contributed by atoms with Crippen molar-refractivity contribution in [2.45, 2.75) is 25.0 Å². The molecule has 1 aliphatic rings. The summed E-state index contributed by atoms with van der Waals surface area (Å²) in [6.45, 7) is 5.82. The first kappa shape index (κ1) is 15.6. The zero-order valence-corrected chi connectivity index (χ0v) is 13.0. The minimum Gasteiger partial charge on any atom is -0.195 e. The molecule has 1 rings (SSSR count). The van der Waals surface area contributed by atoms with Crippen LogP contribution in [0.2, 0.25) is 0 Å². The standard InChI is InChI=1S/C10H21ClN2O2S2/c1-10(2)9-13(7-8-16-10)17(14,15)12(3)6-4-5-11/h4-9H2,1-3H3. The van der Waals surface area contributed by atoms with Crippen LogP contribution in [0, 0.1) is 0 Å². The Kier molecular flexibility index (Phi) is 5.59. The molecule has 0 saturated carbocycles. The summed E-state index contributed by atoms with van der Waals surface area (Å²) in [7, 11) is -1.69. The summed E-state index contributed by atoms with van der Waals surface area (Å²) in [4.78, 5) is 0. The summed E-state index contributed by atoms with van der Waals surface area (Å²) >= 11 is 7.41. The lowest BCUT2D eigenvalue weighted by Gasteiger charge is -2.38. The third kappa shape index (κ3) is 4.28. The van der Waals surface area contributed by atoms with Crippen molar-refractivity contribution in [2.24, 2.45) is 0 Å². The second kappa shape index (κ2) is 6.10. The maximum absolute atomic E-state index is 12.3. The van der Waals surface area contributed by atoms with E-state index in [2.05, 4.69) is 13.8 Å². The van der Waals surface area contributed by atoms with Crippen molar-refractivity contribution in [2.75, 3.05) is 38.3 Å². The molecule has 1 saturated heterocycles. The van der Waals surface area contributed by atoms with E-state index in [1.165, 1.54) is 4.31 Å². The van der Waals surface area contributed by atoms with Gasteiger partial charge in [0.1, 0.15) is 0 Å². The third-order valence-corrected chi connectivity index (χ3v) is 6.22. The molecule has 0 amide bonds. The van der Waals surface area contributed by atoms with Gasteiger partial charge in [0.2, 0.25) is 0 Å². The first-order valence-electron chi connectivity index (χ1n) is 5.71. The van der Waals surface area contributed by atoms with Gasteiger partial charge in [0.15, 0.2) is 0 Å². The van der Waals surface area contributed by atoms with Crippen LogP contribution >= 0.6 is 23.4 Å². The smallest absolute Gasteiger partial charge is 0.195 e. The monoisotopic (exact) mass is 300 g/mol. The molecular weight excluding hydrogens is 280 g/mol. The molecule has 4 nitrogen and oxygen atoms in total. The van der Waals surface area contributed by atoms with Gasteiger partial charge in [0.25, 0.3) is 10.2 Å². The van der Waals surface area contributed by atoms with E-state index in [1.54, 1.807) is 11.4 Å². The van der Waals surface area contributed by atoms with Gasteiger partial charge < -0.3 is 0 Å². The Hall–Kier alpha value is 0.510. The van der Waals surface area contributed by atoms with Gasteiger partial charge in [0.05, 0.1) is 0 Å². The van der Waals surface area contributed by atoms with Gasteiger partial charge in [-0.1, -0.05) is 0 Å². The molecule has 0 N–H and O–H groups in total. The van der Waals surface area contributed by atoms with Gasteiger partial charge in [-0.2, -0.15) is 28.8 Å². The Morgan fingerprint density at radius 3 is 2.65 bits per heavy atom. The zero-order valence-electron chi connectivity index (χ0n) is 10.6. The Balaban J connectivity index is 2.69. The molecule has 0 aromatic heterocycles. The summed E-state index contributed by atoms with van der Waals surface area (Å²) < 4.78 is 27.5. The van der Waals surface area contributed by atoms with Crippen LogP contribution in [0.25, 0.3) is 0 Å². The summed E-state index contributed by atoms with van der Waals surface area (Å²) in [5.41, 5.74) is 0. The normalized spacial score (nSPS) is 21.9. The summed E-state index contributed by atoms with van der Waals surface area (Å²) in [5.74, 6) is 1.34. The lowest BCUT2D eigenvalue weighted by atomic mass is 10.2. The van der Waals surface area contributed by atoms with Gasteiger partial charge in [-0.15, -0.1) is 11.6 Å². The van der Waals surface area contributed by atoms with E-state index in [9.17, 15) is 8.42 Å². The molecule has 102 valence electrons. The van der Waals surface area contributed by atoms with Crippen LogP contribution in [0.4, 0.5) is 0 Å². The molecule has 0 bridgehead atoms. The maximum Gasteiger partial charge on any atom is 0.281 e. The zero-order chi connectivity index (χ0) is 13.1. The average Bonchev–Trinajstić information content (AvgIpc) is 2.24. The minimum absolute atomic E-state index is 0.00134. The predicted molar refractivity (Wildman–Crippen MR) is 75.0 cm³/mol. The fraction of sp³-hybridized carbons (Fsp3) is 1.00. The molecule has 1 aliphatic heterocycles.